The molecule has 1 nitrogen and oxygen atoms in total. The molecule has 6 aromatic rings. The lowest BCUT2D eigenvalue weighted by Crippen LogP contribution is -2.41. The van der Waals surface area contributed by atoms with Crippen molar-refractivity contribution in [3.05, 3.63) is 158 Å². The standard InChI is InChI=1S/C20H26O.2C10H8.C3H6/c1-6-15(4)20(5,19(21)14(2)3)18-13-9-11-16-10-7-8-12-17(16)18;2*1-2-6-10-8-4-3-7-9(10)5-1;1-3-2/h7-15H,6H2,1-5H3;2*1-8H;3H,1H2,2H3. The number of hydrogen-bond acceptors (Lipinski definition) is 1. The van der Waals surface area contributed by atoms with Gasteiger partial charge >= 0.3 is 0 Å². The Labute approximate surface area is 265 Å². The Morgan fingerprint density at radius 1 is 0.614 bits per heavy atom. The van der Waals surface area contributed by atoms with Crippen LogP contribution in [0, 0.1) is 11.8 Å². The Kier molecular flexibility index (Phi) is 13.1. The maximum atomic E-state index is 13.0. The molecular formula is C43H48O. The van der Waals surface area contributed by atoms with E-state index in [-0.39, 0.29) is 5.92 Å². The number of allylic oxidation sites excluding steroid dienone is 1. The van der Waals surface area contributed by atoms with Crippen molar-refractivity contribution in [2.24, 2.45) is 11.8 Å². The van der Waals surface area contributed by atoms with E-state index in [0.29, 0.717) is 11.7 Å². The van der Waals surface area contributed by atoms with E-state index in [9.17, 15) is 4.79 Å². The van der Waals surface area contributed by atoms with Crippen LogP contribution in [0.1, 0.15) is 53.5 Å². The minimum Gasteiger partial charge on any atom is -0.298 e. The number of fused-ring (bicyclic) bond motifs is 3. The van der Waals surface area contributed by atoms with Crippen molar-refractivity contribution >= 4 is 38.1 Å². The van der Waals surface area contributed by atoms with Gasteiger partial charge < -0.3 is 0 Å². The van der Waals surface area contributed by atoms with Crippen LogP contribution in [0.4, 0.5) is 0 Å². The lowest BCUT2D eigenvalue weighted by Gasteiger charge is -2.37. The van der Waals surface area contributed by atoms with Gasteiger partial charge in [0, 0.05) is 5.92 Å². The Hall–Kier alpha value is -4.49. The summed E-state index contributed by atoms with van der Waals surface area (Å²) < 4.78 is 0. The number of carbonyl (C=O) groups is 1. The van der Waals surface area contributed by atoms with E-state index < -0.39 is 5.41 Å². The van der Waals surface area contributed by atoms with Crippen LogP contribution in [0.15, 0.2) is 152 Å². The van der Waals surface area contributed by atoms with Gasteiger partial charge in [0.15, 0.2) is 0 Å². The summed E-state index contributed by atoms with van der Waals surface area (Å²) in [5.41, 5.74) is 0.748. The highest BCUT2D eigenvalue weighted by molar-refractivity contribution is 5.97. The zero-order valence-corrected chi connectivity index (χ0v) is 27.3. The highest BCUT2D eigenvalue weighted by Gasteiger charge is 2.41. The molecule has 0 radical (unpaired) electrons. The van der Waals surface area contributed by atoms with E-state index in [0.717, 1.165) is 6.42 Å². The molecule has 0 spiro atoms. The maximum absolute atomic E-state index is 13.0. The first-order chi connectivity index (χ1) is 21.3. The summed E-state index contributed by atoms with van der Waals surface area (Å²) in [6, 6.07) is 48.1. The van der Waals surface area contributed by atoms with E-state index in [2.05, 4.69) is 167 Å². The van der Waals surface area contributed by atoms with Gasteiger partial charge in [-0.2, -0.15) is 0 Å². The first kappa shape index (κ1) is 34.0. The van der Waals surface area contributed by atoms with Gasteiger partial charge in [0.25, 0.3) is 0 Å². The molecule has 226 valence electrons. The molecule has 0 fully saturated rings. The third-order valence-electron chi connectivity index (χ3n) is 8.30. The molecule has 2 unspecified atom stereocenters. The lowest BCUT2D eigenvalue weighted by atomic mass is 9.65. The maximum Gasteiger partial charge on any atom is 0.145 e. The van der Waals surface area contributed by atoms with E-state index in [1.807, 2.05) is 20.8 Å². The lowest BCUT2D eigenvalue weighted by molar-refractivity contribution is -0.128. The fourth-order valence-electron chi connectivity index (χ4n) is 5.59. The monoisotopic (exact) mass is 580 g/mol. The summed E-state index contributed by atoms with van der Waals surface area (Å²) in [5, 5.41) is 7.66. The minimum atomic E-state index is -0.427. The molecule has 0 bridgehead atoms. The average Bonchev–Trinajstić information content (AvgIpc) is 3.08. The van der Waals surface area contributed by atoms with Gasteiger partial charge in [0.05, 0.1) is 5.41 Å². The predicted molar refractivity (Wildman–Crippen MR) is 194 cm³/mol. The zero-order chi connectivity index (χ0) is 32.0. The predicted octanol–water partition coefficient (Wildman–Crippen LogP) is 12.2. The van der Waals surface area contributed by atoms with Crippen molar-refractivity contribution in [1.82, 2.24) is 0 Å². The first-order valence-corrected chi connectivity index (χ1v) is 15.7. The van der Waals surface area contributed by atoms with E-state index >= 15 is 0 Å². The molecule has 1 heteroatoms. The van der Waals surface area contributed by atoms with Gasteiger partial charge in [-0.3, -0.25) is 4.79 Å². The summed E-state index contributed by atoms with van der Waals surface area (Å²) in [4.78, 5) is 13.0. The molecule has 0 aromatic heterocycles. The summed E-state index contributed by atoms with van der Waals surface area (Å²) in [7, 11) is 0. The van der Waals surface area contributed by atoms with Crippen LogP contribution in [-0.4, -0.2) is 5.78 Å². The third-order valence-corrected chi connectivity index (χ3v) is 8.30. The summed E-state index contributed by atoms with van der Waals surface area (Å²) in [5.74, 6) is 0.703. The quantitative estimate of drug-likeness (QED) is 0.185. The molecule has 0 aliphatic carbocycles. The minimum absolute atomic E-state index is 0.0444. The van der Waals surface area contributed by atoms with Crippen LogP contribution in [-0.2, 0) is 10.2 Å². The van der Waals surface area contributed by atoms with Gasteiger partial charge in [-0.15, -0.1) is 6.58 Å². The van der Waals surface area contributed by atoms with Crippen molar-refractivity contribution < 1.29 is 4.79 Å². The summed E-state index contributed by atoms with van der Waals surface area (Å²) in [6.45, 7) is 15.8. The molecule has 0 aliphatic rings. The fourth-order valence-corrected chi connectivity index (χ4v) is 5.59. The van der Waals surface area contributed by atoms with Crippen LogP contribution in [0.3, 0.4) is 0 Å². The topological polar surface area (TPSA) is 17.1 Å². The summed E-state index contributed by atoms with van der Waals surface area (Å²) in [6.07, 6.45) is 2.75. The highest BCUT2D eigenvalue weighted by atomic mass is 16.1. The van der Waals surface area contributed by atoms with E-state index in [1.54, 1.807) is 6.08 Å². The van der Waals surface area contributed by atoms with Crippen molar-refractivity contribution in [1.29, 1.82) is 0 Å². The third kappa shape index (κ3) is 8.54. The Bertz CT molecular complexity index is 1550. The SMILES string of the molecule is C=CC.CCC(C)C(C)(C(=O)C(C)C)c1cccc2ccccc12.c1ccc2ccccc2c1.c1ccc2ccccc2c1. The van der Waals surface area contributed by atoms with Crippen LogP contribution < -0.4 is 0 Å². The number of ketones is 1. The number of hydrogen-bond donors (Lipinski definition) is 0. The first-order valence-electron chi connectivity index (χ1n) is 15.7. The Balaban J connectivity index is 0.000000190. The molecule has 6 aromatic carbocycles. The number of rotatable bonds is 5. The van der Waals surface area contributed by atoms with Gasteiger partial charge in [-0.05, 0) is 57.6 Å². The number of carbonyl (C=O) groups excluding carboxylic acids is 1. The molecular weight excluding hydrogens is 532 g/mol. The van der Waals surface area contributed by atoms with Crippen LogP contribution in [0.5, 0.6) is 0 Å². The van der Waals surface area contributed by atoms with Crippen LogP contribution >= 0.6 is 0 Å². The second-order valence-corrected chi connectivity index (χ2v) is 11.7. The molecule has 2 atom stereocenters. The second kappa shape index (κ2) is 17.0. The van der Waals surface area contributed by atoms with Gasteiger partial charge in [-0.1, -0.05) is 180 Å². The largest absolute Gasteiger partial charge is 0.298 e. The number of benzene rings is 6. The molecule has 0 heterocycles. The van der Waals surface area contributed by atoms with Gasteiger partial charge in [-0.25, -0.2) is 0 Å². The van der Waals surface area contributed by atoms with Crippen LogP contribution in [0.25, 0.3) is 32.3 Å². The Morgan fingerprint density at radius 3 is 1.27 bits per heavy atom. The van der Waals surface area contributed by atoms with Gasteiger partial charge in [0.2, 0.25) is 0 Å². The smallest absolute Gasteiger partial charge is 0.145 e. The zero-order valence-electron chi connectivity index (χ0n) is 27.3. The van der Waals surface area contributed by atoms with Crippen molar-refractivity contribution in [2.75, 3.05) is 0 Å². The fraction of sp³-hybridized carbons (Fsp3) is 0.233. The van der Waals surface area contributed by atoms with Gasteiger partial charge in [0.1, 0.15) is 5.78 Å². The van der Waals surface area contributed by atoms with E-state index in [1.165, 1.54) is 37.9 Å². The highest BCUT2D eigenvalue weighted by Crippen LogP contribution is 2.40. The molecule has 0 amide bonds. The van der Waals surface area contributed by atoms with E-state index in [4.69, 9.17) is 0 Å². The normalized spacial score (nSPS) is 12.4. The molecule has 44 heavy (non-hydrogen) atoms. The average molecular weight is 581 g/mol. The van der Waals surface area contributed by atoms with Crippen molar-refractivity contribution in [2.45, 2.75) is 53.4 Å². The molecule has 0 saturated heterocycles. The Morgan fingerprint density at radius 2 is 0.932 bits per heavy atom. The van der Waals surface area contributed by atoms with Crippen LogP contribution in [0.2, 0.25) is 0 Å². The number of Topliss-reactive ketones (excluding diaryl/α,β-unsaturated/α-hetero) is 1. The molecule has 0 aliphatic heterocycles. The molecule has 0 N–H and O–H groups in total. The second-order valence-electron chi connectivity index (χ2n) is 11.7. The van der Waals surface area contributed by atoms with Crippen molar-refractivity contribution in [3.63, 3.8) is 0 Å². The molecule has 0 saturated carbocycles. The summed E-state index contributed by atoms with van der Waals surface area (Å²) >= 11 is 0. The van der Waals surface area contributed by atoms with Crippen molar-refractivity contribution in [3.8, 4) is 0 Å². The molecule has 6 rings (SSSR count).